The normalized spacial score (nSPS) is 10.3. The third kappa shape index (κ3) is 1.74. The third-order valence-corrected chi connectivity index (χ3v) is 2.54. The van der Waals surface area contributed by atoms with E-state index in [0.717, 1.165) is 0 Å². The lowest BCUT2D eigenvalue weighted by Gasteiger charge is -2.01. The number of H-pyrrole nitrogens is 1. The minimum atomic E-state index is -1.14. The van der Waals surface area contributed by atoms with Crippen LogP contribution in [-0.2, 0) is 0 Å². The van der Waals surface area contributed by atoms with Crippen molar-refractivity contribution in [1.82, 2.24) is 19.5 Å². The van der Waals surface area contributed by atoms with Crippen molar-refractivity contribution < 1.29 is 9.90 Å². The molecule has 0 aliphatic rings. The first-order chi connectivity index (χ1) is 7.59. The fourth-order valence-electron chi connectivity index (χ4n) is 1.10. The molecule has 0 saturated carbocycles. The van der Waals surface area contributed by atoms with Gasteiger partial charge in [0, 0.05) is 6.20 Å². The number of halogens is 1. The van der Waals surface area contributed by atoms with Crippen LogP contribution in [0.5, 0.6) is 0 Å². The Kier molecular flexibility index (Phi) is 2.57. The van der Waals surface area contributed by atoms with Crippen LogP contribution in [0.3, 0.4) is 0 Å². The van der Waals surface area contributed by atoms with Crippen LogP contribution in [0.15, 0.2) is 28.1 Å². The summed E-state index contributed by atoms with van der Waals surface area (Å²) in [7, 11) is 0. The number of imidazole rings is 1. The Morgan fingerprint density at radius 1 is 1.50 bits per heavy atom. The molecular weight excluding hydrogens is 280 g/mol. The smallest absolute Gasteiger partial charge is 0.356 e. The standard InChI is InChI=1S/C8H5BrN4O3/c9-5-6(10-2-11-7(5)14)13-1-4(8(15)16)12-3-13/h1-3H,(H,15,16)(H,10,11,14). The maximum Gasteiger partial charge on any atom is 0.356 e. The average molecular weight is 285 g/mol. The number of carboxylic acid groups (broad SMARTS) is 1. The van der Waals surface area contributed by atoms with Crippen LogP contribution in [0.4, 0.5) is 0 Å². The molecule has 0 aromatic carbocycles. The Bertz CT molecular complexity index is 603. The van der Waals surface area contributed by atoms with Crippen molar-refractivity contribution in [3.63, 3.8) is 0 Å². The number of aromatic carboxylic acids is 1. The van der Waals surface area contributed by atoms with E-state index in [1.54, 1.807) is 0 Å². The van der Waals surface area contributed by atoms with Crippen molar-refractivity contribution in [2.24, 2.45) is 0 Å². The van der Waals surface area contributed by atoms with Crippen molar-refractivity contribution in [3.05, 3.63) is 39.4 Å². The number of hydrogen-bond donors (Lipinski definition) is 2. The van der Waals surface area contributed by atoms with E-state index in [-0.39, 0.29) is 21.5 Å². The minimum absolute atomic E-state index is 0.117. The highest BCUT2D eigenvalue weighted by Gasteiger charge is 2.11. The van der Waals surface area contributed by atoms with Crippen molar-refractivity contribution in [2.45, 2.75) is 0 Å². The molecule has 7 nitrogen and oxygen atoms in total. The maximum atomic E-state index is 11.3. The zero-order chi connectivity index (χ0) is 11.7. The van der Waals surface area contributed by atoms with E-state index in [1.165, 1.54) is 23.4 Å². The van der Waals surface area contributed by atoms with Gasteiger partial charge < -0.3 is 10.1 Å². The Morgan fingerprint density at radius 3 is 2.88 bits per heavy atom. The molecule has 2 rings (SSSR count). The van der Waals surface area contributed by atoms with Gasteiger partial charge >= 0.3 is 5.97 Å². The minimum Gasteiger partial charge on any atom is -0.476 e. The van der Waals surface area contributed by atoms with Crippen LogP contribution in [0, 0.1) is 0 Å². The molecule has 2 heterocycles. The molecule has 0 bridgehead atoms. The summed E-state index contributed by atoms with van der Waals surface area (Å²) in [5.74, 6) is -0.858. The predicted molar refractivity (Wildman–Crippen MR) is 56.6 cm³/mol. The van der Waals surface area contributed by atoms with Gasteiger partial charge in [-0.3, -0.25) is 9.36 Å². The topological polar surface area (TPSA) is 101 Å². The SMILES string of the molecule is O=C(O)c1cn(-c2nc[nH]c(=O)c2Br)cn1. The zero-order valence-electron chi connectivity index (χ0n) is 7.72. The first-order valence-electron chi connectivity index (χ1n) is 4.10. The van der Waals surface area contributed by atoms with Crippen molar-refractivity contribution >= 4 is 21.9 Å². The quantitative estimate of drug-likeness (QED) is 0.832. The molecule has 0 aliphatic carbocycles. The van der Waals surface area contributed by atoms with Crippen molar-refractivity contribution in [1.29, 1.82) is 0 Å². The van der Waals surface area contributed by atoms with Gasteiger partial charge in [0.2, 0.25) is 0 Å². The molecular formula is C8H5BrN4O3. The molecule has 2 aromatic rings. The summed E-state index contributed by atoms with van der Waals surface area (Å²) >= 11 is 3.06. The summed E-state index contributed by atoms with van der Waals surface area (Å²) in [5.41, 5.74) is -0.468. The summed E-state index contributed by atoms with van der Waals surface area (Å²) in [5, 5.41) is 8.69. The number of rotatable bonds is 2. The summed E-state index contributed by atoms with van der Waals surface area (Å²) in [6.07, 6.45) is 3.77. The largest absolute Gasteiger partial charge is 0.476 e. The van der Waals surface area contributed by atoms with E-state index in [4.69, 9.17) is 5.11 Å². The number of carbonyl (C=O) groups is 1. The van der Waals surface area contributed by atoms with E-state index in [9.17, 15) is 9.59 Å². The van der Waals surface area contributed by atoms with E-state index < -0.39 is 5.97 Å². The average Bonchev–Trinajstić information content (AvgIpc) is 2.71. The lowest BCUT2D eigenvalue weighted by molar-refractivity contribution is 0.0691. The summed E-state index contributed by atoms with van der Waals surface area (Å²) in [6, 6.07) is 0. The Hall–Kier alpha value is -1.96. The van der Waals surface area contributed by atoms with E-state index in [1.807, 2.05) is 0 Å². The molecule has 8 heteroatoms. The van der Waals surface area contributed by atoms with E-state index in [2.05, 4.69) is 30.9 Å². The van der Waals surface area contributed by atoms with Crippen molar-refractivity contribution in [2.75, 3.05) is 0 Å². The molecule has 0 spiro atoms. The van der Waals surface area contributed by atoms with Gasteiger partial charge in [-0.1, -0.05) is 0 Å². The number of aromatic amines is 1. The molecule has 82 valence electrons. The molecule has 2 N–H and O–H groups in total. The van der Waals surface area contributed by atoms with Gasteiger partial charge in [-0.15, -0.1) is 0 Å². The van der Waals surface area contributed by atoms with Gasteiger partial charge in [0.15, 0.2) is 11.5 Å². The molecule has 0 amide bonds. The molecule has 0 unspecified atom stereocenters. The Balaban J connectivity index is 2.55. The van der Waals surface area contributed by atoms with Gasteiger partial charge in [-0.05, 0) is 15.9 Å². The van der Waals surface area contributed by atoms with Gasteiger partial charge in [-0.2, -0.15) is 0 Å². The lowest BCUT2D eigenvalue weighted by Crippen LogP contribution is -2.11. The molecule has 16 heavy (non-hydrogen) atoms. The van der Waals surface area contributed by atoms with Gasteiger partial charge in [0.05, 0.1) is 6.33 Å². The molecule has 0 fully saturated rings. The first-order valence-corrected chi connectivity index (χ1v) is 4.89. The number of nitrogens with zero attached hydrogens (tertiary/aromatic N) is 3. The first kappa shape index (κ1) is 10.6. The monoisotopic (exact) mass is 284 g/mol. The van der Waals surface area contributed by atoms with Gasteiger partial charge in [0.25, 0.3) is 5.56 Å². The number of nitrogens with one attached hydrogen (secondary N) is 1. The zero-order valence-corrected chi connectivity index (χ0v) is 9.30. The fraction of sp³-hybridized carbons (Fsp3) is 0. The molecule has 2 aromatic heterocycles. The van der Waals surface area contributed by atoms with Gasteiger partial charge in [-0.25, -0.2) is 14.8 Å². The molecule has 0 aliphatic heterocycles. The highest BCUT2D eigenvalue weighted by Crippen LogP contribution is 2.13. The van der Waals surface area contributed by atoms with Crippen LogP contribution in [0.1, 0.15) is 10.5 Å². The van der Waals surface area contributed by atoms with Crippen LogP contribution >= 0.6 is 15.9 Å². The van der Waals surface area contributed by atoms with Crippen molar-refractivity contribution in [3.8, 4) is 5.82 Å². The van der Waals surface area contributed by atoms with Crippen LogP contribution in [0.2, 0.25) is 0 Å². The number of aromatic nitrogens is 4. The predicted octanol–water partition coefficient (Wildman–Crippen LogP) is 0.416. The highest BCUT2D eigenvalue weighted by molar-refractivity contribution is 9.10. The second kappa shape index (κ2) is 3.89. The Morgan fingerprint density at radius 2 is 2.25 bits per heavy atom. The number of hydrogen-bond acceptors (Lipinski definition) is 4. The fourth-order valence-corrected chi connectivity index (χ4v) is 1.52. The lowest BCUT2D eigenvalue weighted by atomic mass is 10.5. The van der Waals surface area contributed by atoms with Crippen LogP contribution in [0.25, 0.3) is 5.82 Å². The van der Waals surface area contributed by atoms with Crippen LogP contribution < -0.4 is 5.56 Å². The molecule has 0 atom stereocenters. The number of carboxylic acids is 1. The van der Waals surface area contributed by atoms with E-state index in [0.29, 0.717) is 0 Å². The highest BCUT2D eigenvalue weighted by atomic mass is 79.9. The van der Waals surface area contributed by atoms with E-state index >= 15 is 0 Å². The van der Waals surface area contributed by atoms with Gasteiger partial charge in [0.1, 0.15) is 10.8 Å². The summed E-state index contributed by atoms with van der Waals surface area (Å²) in [4.78, 5) is 31.8. The second-order valence-corrected chi connectivity index (χ2v) is 3.63. The molecule has 0 radical (unpaired) electrons. The van der Waals surface area contributed by atoms with Crippen LogP contribution in [-0.4, -0.2) is 30.6 Å². The summed E-state index contributed by atoms with van der Waals surface area (Å²) in [6.45, 7) is 0. The second-order valence-electron chi connectivity index (χ2n) is 2.84. The Labute approximate surface area is 96.9 Å². The summed E-state index contributed by atoms with van der Waals surface area (Å²) < 4.78 is 1.56. The molecule has 0 saturated heterocycles. The third-order valence-electron chi connectivity index (χ3n) is 1.82. The maximum absolute atomic E-state index is 11.3.